The first-order valence-corrected chi connectivity index (χ1v) is 6.14. The fourth-order valence-corrected chi connectivity index (χ4v) is 1.74. The van der Waals surface area contributed by atoms with Crippen molar-refractivity contribution in [2.24, 2.45) is 11.7 Å². The number of amides is 1. The summed E-state index contributed by atoms with van der Waals surface area (Å²) in [5, 5.41) is 2.96. The number of hydrogen-bond donors (Lipinski definition) is 2. The fourth-order valence-electron chi connectivity index (χ4n) is 1.74. The third-order valence-electron chi connectivity index (χ3n) is 3.26. The van der Waals surface area contributed by atoms with Crippen LogP contribution in [-0.4, -0.2) is 12.5 Å². The molecule has 1 atom stereocenters. The molecule has 0 radical (unpaired) electrons. The second kappa shape index (κ2) is 6.40. The van der Waals surface area contributed by atoms with Gasteiger partial charge in [0.15, 0.2) is 0 Å². The van der Waals surface area contributed by atoms with Crippen molar-refractivity contribution in [3.63, 3.8) is 0 Å². The van der Waals surface area contributed by atoms with Crippen molar-refractivity contribution in [2.75, 3.05) is 11.9 Å². The van der Waals surface area contributed by atoms with Gasteiger partial charge in [0, 0.05) is 12.1 Å². The molecule has 0 aromatic heterocycles. The predicted octanol–water partition coefficient (Wildman–Crippen LogP) is 2.62. The number of carbonyl (C=O) groups excluding carboxylic acids is 1. The number of hydrogen-bond acceptors (Lipinski definition) is 2. The summed E-state index contributed by atoms with van der Waals surface area (Å²) in [6, 6.07) is 5.93. The standard InChI is InChI=1S/C14H22N2O/c1-4-12(9-15)8-14(17)16-13-7-5-6-10(2)11(13)3/h5-7,12H,4,8-9,15H2,1-3H3,(H,16,17). The molecule has 1 amide bonds. The van der Waals surface area contributed by atoms with Crippen LogP contribution in [0.5, 0.6) is 0 Å². The van der Waals surface area contributed by atoms with Gasteiger partial charge in [-0.2, -0.15) is 0 Å². The SMILES string of the molecule is CCC(CN)CC(=O)Nc1cccc(C)c1C. The van der Waals surface area contributed by atoms with Gasteiger partial charge in [-0.05, 0) is 43.5 Å². The molecular weight excluding hydrogens is 212 g/mol. The van der Waals surface area contributed by atoms with Gasteiger partial charge in [0.25, 0.3) is 0 Å². The third kappa shape index (κ3) is 3.86. The van der Waals surface area contributed by atoms with E-state index >= 15 is 0 Å². The van der Waals surface area contributed by atoms with Gasteiger partial charge >= 0.3 is 0 Å². The van der Waals surface area contributed by atoms with Crippen LogP contribution < -0.4 is 11.1 Å². The van der Waals surface area contributed by atoms with E-state index in [-0.39, 0.29) is 11.8 Å². The van der Waals surface area contributed by atoms with E-state index in [1.807, 2.05) is 32.0 Å². The van der Waals surface area contributed by atoms with Gasteiger partial charge in [0.2, 0.25) is 5.91 Å². The number of carbonyl (C=O) groups is 1. The fraction of sp³-hybridized carbons (Fsp3) is 0.500. The van der Waals surface area contributed by atoms with Gasteiger partial charge in [-0.15, -0.1) is 0 Å². The van der Waals surface area contributed by atoms with Crippen molar-refractivity contribution < 1.29 is 4.79 Å². The quantitative estimate of drug-likeness (QED) is 0.822. The van der Waals surface area contributed by atoms with E-state index in [9.17, 15) is 4.79 Å². The minimum Gasteiger partial charge on any atom is -0.330 e. The van der Waals surface area contributed by atoms with Crippen molar-refractivity contribution >= 4 is 11.6 Å². The Hall–Kier alpha value is -1.35. The predicted molar refractivity (Wildman–Crippen MR) is 72.0 cm³/mol. The molecule has 0 fully saturated rings. The van der Waals surface area contributed by atoms with E-state index < -0.39 is 0 Å². The highest BCUT2D eigenvalue weighted by atomic mass is 16.1. The smallest absolute Gasteiger partial charge is 0.224 e. The van der Waals surface area contributed by atoms with E-state index in [2.05, 4.69) is 12.2 Å². The Morgan fingerprint density at radius 2 is 2.12 bits per heavy atom. The second-order valence-corrected chi connectivity index (χ2v) is 4.51. The molecule has 0 aliphatic carbocycles. The topological polar surface area (TPSA) is 55.1 Å². The van der Waals surface area contributed by atoms with Crippen LogP contribution in [-0.2, 0) is 4.79 Å². The highest BCUT2D eigenvalue weighted by Gasteiger charge is 2.11. The molecule has 94 valence electrons. The van der Waals surface area contributed by atoms with Crippen LogP contribution in [0, 0.1) is 19.8 Å². The normalized spacial score (nSPS) is 12.2. The van der Waals surface area contributed by atoms with Gasteiger partial charge in [0.05, 0.1) is 0 Å². The van der Waals surface area contributed by atoms with Crippen LogP contribution >= 0.6 is 0 Å². The van der Waals surface area contributed by atoms with E-state index in [1.165, 1.54) is 5.56 Å². The van der Waals surface area contributed by atoms with Gasteiger partial charge in [0.1, 0.15) is 0 Å². The Morgan fingerprint density at radius 1 is 1.41 bits per heavy atom. The number of anilines is 1. The summed E-state index contributed by atoms with van der Waals surface area (Å²) in [5.41, 5.74) is 8.82. The highest BCUT2D eigenvalue weighted by Crippen LogP contribution is 2.18. The van der Waals surface area contributed by atoms with Crippen LogP contribution in [0.3, 0.4) is 0 Å². The van der Waals surface area contributed by atoms with Crippen LogP contribution in [0.25, 0.3) is 0 Å². The van der Waals surface area contributed by atoms with Crippen molar-refractivity contribution in [1.82, 2.24) is 0 Å². The van der Waals surface area contributed by atoms with Crippen LogP contribution in [0.15, 0.2) is 18.2 Å². The number of aryl methyl sites for hydroxylation is 1. The lowest BCUT2D eigenvalue weighted by Crippen LogP contribution is -2.22. The summed E-state index contributed by atoms with van der Waals surface area (Å²) < 4.78 is 0. The van der Waals surface area contributed by atoms with Crippen LogP contribution in [0.4, 0.5) is 5.69 Å². The van der Waals surface area contributed by atoms with Gasteiger partial charge in [-0.25, -0.2) is 0 Å². The van der Waals surface area contributed by atoms with Crippen LogP contribution in [0.1, 0.15) is 30.9 Å². The molecule has 0 saturated heterocycles. The molecule has 3 N–H and O–H groups in total. The molecular formula is C14H22N2O. The van der Waals surface area contributed by atoms with E-state index in [4.69, 9.17) is 5.73 Å². The zero-order chi connectivity index (χ0) is 12.8. The summed E-state index contributed by atoms with van der Waals surface area (Å²) in [4.78, 5) is 11.8. The zero-order valence-corrected chi connectivity index (χ0v) is 10.9. The minimum absolute atomic E-state index is 0.0519. The van der Waals surface area contributed by atoms with Crippen molar-refractivity contribution in [2.45, 2.75) is 33.6 Å². The Labute approximate surface area is 103 Å². The third-order valence-corrected chi connectivity index (χ3v) is 3.26. The number of rotatable bonds is 5. The molecule has 0 saturated carbocycles. The molecule has 0 aliphatic heterocycles. The number of benzene rings is 1. The lowest BCUT2D eigenvalue weighted by molar-refractivity contribution is -0.117. The Kier molecular flexibility index (Phi) is 5.16. The van der Waals surface area contributed by atoms with Gasteiger partial charge in [-0.1, -0.05) is 25.5 Å². The van der Waals surface area contributed by atoms with E-state index in [0.29, 0.717) is 13.0 Å². The first kappa shape index (κ1) is 13.7. The Morgan fingerprint density at radius 3 is 2.71 bits per heavy atom. The Balaban J connectivity index is 2.65. The van der Waals surface area contributed by atoms with Gasteiger partial charge < -0.3 is 11.1 Å². The minimum atomic E-state index is 0.0519. The molecule has 3 nitrogen and oxygen atoms in total. The molecule has 0 spiro atoms. The van der Waals surface area contributed by atoms with E-state index in [1.54, 1.807) is 0 Å². The molecule has 1 rings (SSSR count). The average Bonchev–Trinajstić information content (AvgIpc) is 2.32. The highest BCUT2D eigenvalue weighted by molar-refractivity contribution is 5.91. The summed E-state index contributed by atoms with van der Waals surface area (Å²) in [5.74, 6) is 0.330. The number of nitrogens with two attached hydrogens (primary N) is 1. The first-order chi connectivity index (χ1) is 8.08. The van der Waals surface area contributed by atoms with Crippen molar-refractivity contribution in [3.8, 4) is 0 Å². The molecule has 3 heteroatoms. The lowest BCUT2D eigenvalue weighted by Gasteiger charge is -2.14. The monoisotopic (exact) mass is 234 g/mol. The summed E-state index contributed by atoms with van der Waals surface area (Å²) in [6.07, 6.45) is 1.44. The molecule has 17 heavy (non-hydrogen) atoms. The molecule has 0 bridgehead atoms. The molecule has 0 aliphatic rings. The first-order valence-electron chi connectivity index (χ1n) is 6.14. The lowest BCUT2D eigenvalue weighted by atomic mass is 10.0. The summed E-state index contributed by atoms with van der Waals surface area (Å²) >= 11 is 0. The van der Waals surface area contributed by atoms with E-state index in [0.717, 1.165) is 17.7 Å². The maximum atomic E-state index is 11.8. The average molecular weight is 234 g/mol. The molecule has 1 aromatic carbocycles. The van der Waals surface area contributed by atoms with Gasteiger partial charge in [-0.3, -0.25) is 4.79 Å². The summed E-state index contributed by atoms with van der Waals surface area (Å²) in [7, 11) is 0. The second-order valence-electron chi connectivity index (χ2n) is 4.51. The zero-order valence-electron chi connectivity index (χ0n) is 10.9. The Bertz CT molecular complexity index is 384. The molecule has 1 unspecified atom stereocenters. The maximum Gasteiger partial charge on any atom is 0.224 e. The number of nitrogens with one attached hydrogen (secondary N) is 1. The summed E-state index contributed by atoms with van der Waals surface area (Å²) in [6.45, 7) is 6.68. The van der Waals surface area contributed by atoms with Crippen molar-refractivity contribution in [1.29, 1.82) is 0 Å². The van der Waals surface area contributed by atoms with Crippen molar-refractivity contribution in [3.05, 3.63) is 29.3 Å². The molecule has 1 aromatic rings. The van der Waals surface area contributed by atoms with Crippen LogP contribution in [0.2, 0.25) is 0 Å². The largest absolute Gasteiger partial charge is 0.330 e. The molecule has 0 heterocycles. The maximum absolute atomic E-state index is 11.8.